The van der Waals surface area contributed by atoms with Gasteiger partial charge in [-0.15, -0.1) is 0 Å². The zero-order chi connectivity index (χ0) is 14.5. The first-order valence-corrected chi connectivity index (χ1v) is 6.77. The fourth-order valence-electron chi connectivity index (χ4n) is 1.88. The molecule has 5 nitrogen and oxygen atoms in total. The monoisotopic (exact) mass is 293 g/mol. The van der Waals surface area contributed by atoms with E-state index in [4.69, 9.17) is 16.1 Å². The minimum Gasteiger partial charge on any atom is -0.350 e. The molecule has 0 aliphatic rings. The fourth-order valence-corrected chi connectivity index (χ4v) is 2.18. The smallest absolute Gasteiger partial charge is 0.227 e. The van der Waals surface area contributed by atoms with Crippen LogP contribution < -0.4 is 5.32 Å². The maximum Gasteiger partial charge on any atom is 0.227 e. The van der Waals surface area contributed by atoms with Crippen LogP contribution in [0.1, 0.15) is 36.7 Å². The molecule has 1 N–H and O–H groups in total. The number of halogens is 1. The van der Waals surface area contributed by atoms with Crippen LogP contribution in [0, 0.1) is 6.92 Å². The molecule has 0 bridgehead atoms. The highest BCUT2D eigenvalue weighted by Gasteiger charge is 2.13. The number of hydrogen-bond acceptors (Lipinski definition) is 4. The molecule has 1 amide bonds. The Morgan fingerprint density at radius 1 is 1.45 bits per heavy atom. The van der Waals surface area contributed by atoms with E-state index in [0.29, 0.717) is 29.6 Å². The van der Waals surface area contributed by atoms with E-state index < -0.39 is 0 Å². The van der Waals surface area contributed by atoms with Crippen molar-refractivity contribution in [1.29, 1.82) is 0 Å². The van der Waals surface area contributed by atoms with Crippen LogP contribution in [0.15, 0.2) is 28.8 Å². The molecule has 20 heavy (non-hydrogen) atoms. The molecule has 1 aromatic heterocycles. The first kappa shape index (κ1) is 14.5. The van der Waals surface area contributed by atoms with Gasteiger partial charge in [0.2, 0.25) is 11.8 Å². The molecular weight excluding hydrogens is 278 g/mol. The Hall–Kier alpha value is -1.88. The molecular formula is C14H16ClN3O2. The molecule has 0 saturated heterocycles. The first-order valence-electron chi connectivity index (χ1n) is 6.39. The Labute approximate surface area is 122 Å². The molecule has 2 aromatic rings. The Balaban J connectivity index is 1.87. The normalized spacial score (nSPS) is 12.2. The number of hydrogen-bond donors (Lipinski definition) is 1. The number of amides is 1. The molecule has 0 aliphatic carbocycles. The zero-order valence-corrected chi connectivity index (χ0v) is 12.1. The summed E-state index contributed by atoms with van der Waals surface area (Å²) in [5.74, 6) is 0.973. The molecule has 0 spiro atoms. The standard InChI is InChI=1S/C14H16ClN3O2/c1-9(11-5-3-4-6-12(11)15)16-13(19)7-8-14-17-10(2)18-20-14/h3-6,9H,7-8H2,1-2H3,(H,16,19). The molecule has 1 heterocycles. The van der Waals surface area contributed by atoms with Crippen LogP contribution in [-0.4, -0.2) is 16.0 Å². The topological polar surface area (TPSA) is 68.0 Å². The van der Waals surface area contributed by atoms with Crippen molar-refractivity contribution in [2.75, 3.05) is 0 Å². The molecule has 0 radical (unpaired) electrons. The summed E-state index contributed by atoms with van der Waals surface area (Å²) >= 11 is 6.09. The summed E-state index contributed by atoms with van der Waals surface area (Å²) in [5, 5.41) is 7.23. The number of carbonyl (C=O) groups is 1. The van der Waals surface area contributed by atoms with Gasteiger partial charge in [-0.05, 0) is 25.5 Å². The number of carbonyl (C=O) groups excluding carboxylic acids is 1. The SMILES string of the molecule is Cc1noc(CCC(=O)NC(C)c2ccccc2Cl)n1. The van der Waals surface area contributed by atoms with Crippen LogP contribution in [0.4, 0.5) is 0 Å². The Bertz CT molecular complexity index is 598. The number of rotatable bonds is 5. The Morgan fingerprint density at radius 3 is 2.85 bits per heavy atom. The summed E-state index contributed by atoms with van der Waals surface area (Å²) in [5.41, 5.74) is 0.899. The van der Waals surface area contributed by atoms with Crippen molar-refractivity contribution in [3.05, 3.63) is 46.6 Å². The fraction of sp³-hybridized carbons (Fsp3) is 0.357. The van der Waals surface area contributed by atoms with Crippen molar-refractivity contribution >= 4 is 17.5 Å². The van der Waals surface area contributed by atoms with Gasteiger partial charge < -0.3 is 9.84 Å². The van der Waals surface area contributed by atoms with Gasteiger partial charge in [0.1, 0.15) is 0 Å². The van der Waals surface area contributed by atoms with Gasteiger partial charge >= 0.3 is 0 Å². The van der Waals surface area contributed by atoms with Crippen LogP contribution in [0.5, 0.6) is 0 Å². The molecule has 6 heteroatoms. The van der Waals surface area contributed by atoms with E-state index in [1.807, 2.05) is 25.1 Å². The lowest BCUT2D eigenvalue weighted by Gasteiger charge is -2.15. The number of nitrogens with zero attached hydrogens (tertiary/aromatic N) is 2. The second-order valence-corrected chi connectivity index (χ2v) is 4.95. The highest BCUT2D eigenvalue weighted by atomic mass is 35.5. The van der Waals surface area contributed by atoms with Gasteiger partial charge in [0, 0.05) is 17.9 Å². The molecule has 1 atom stereocenters. The summed E-state index contributed by atoms with van der Waals surface area (Å²) in [7, 11) is 0. The predicted molar refractivity (Wildman–Crippen MR) is 75.4 cm³/mol. The van der Waals surface area contributed by atoms with Crippen molar-refractivity contribution < 1.29 is 9.32 Å². The highest BCUT2D eigenvalue weighted by molar-refractivity contribution is 6.31. The average Bonchev–Trinajstić information content (AvgIpc) is 2.82. The minimum atomic E-state index is -0.138. The molecule has 1 aromatic carbocycles. The van der Waals surface area contributed by atoms with Crippen LogP contribution in [0.2, 0.25) is 5.02 Å². The summed E-state index contributed by atoms with van der Waals surface area (Å²) in [4.78, 5) is 15.9. The van der Waals surface area contributed by atoms with Gasteiger partial charge in [0.25, 0.3) is 0 Å². The average molecular weight is 294 g/mol. The number of benzene rings is 1. The maximum atomic E-state index is 11.9. The third-order valence-corrected chi connectivity index (χ3v) is 3.23. The van der Waals surface area contributed by atoms with Crippen molar-refractivity contribution in [3.8, 4) is 0 Å². The van der Waals surface area contributed by atoms with Crippen molar-refractivity contribution in [3.63, 3.8) is 0 Å². The molecule has 1 unspecified atom stereocenters. The van der Waals surface area contributed by atoms with Crippen LogP contribution in [-0.2, 0) is 11.2 Å². The maximum absolute atomic E-state index is 11.9. The van der Waals surface area contributed by atoms with E-state index in [1.54, 1.807) is 13.0 Å². The van der Waals surface area contributed by atoms with E-state index in [0.717, 1.165) is 5.56 Å². The number of aromatic nitrogens is 2. The van der Waals surface area contributed by atoms with Gasteiger partial charge in [-0.1, -0.05) is 35.0 Å². The predicted octanol–water partition coefficient (Wildman–Crippen LogP) is 2.84. The third-order valence-electron chi connectivity index (χ3n) is 2.88. The van der Waals surface area contributed by atoms with Gasteiger partial charge in [-0.2, -0.15) is 4.98 Å². The van der Waals surface area contributed by atoms with E-state index in [9.17, 15) is 4.79 Å². The van der Waals surface area contributed by atoms with E-state index in [1.165, 1.54) is 0 Å². The minimum absolute atomic E-state index is 0.0757. The summed E-state index contributed by atoms with van der Waals surface area (Å²) in [6.45, 7) is 3.64. The van der Waals surface area contributed by atoms with Crippen LogP contribution >= 0.6 is 11.6 Å². The second kappa shape index (κ2) is 6.52. The van der Waals surface area contributed by atoms with Gasteiger partial charge in [0.15, 0.2) is 5.82 Å². The van der Waals surface area contributed by atoms with Gasteiger partial charge in [0.05, 0.1) is 6.04 Å². The van der Waals surface area contributed by atoms with Gasteiger partial charge in [-0.25, -0.2) is 0 Å². The Morgan fingerprint density at radius 2 is 2.20 bits per heavy atom. The van der Waals surface area contributed by atoms with E-state index in [2.05, 4.69) is 15.5 Å². The largest absolute Gasteiger partial charge is 0.350 e. The summed E-state index contributed by atoms with van der Waals surface area (Å²) < 4.78 is 4.96. The first-order chi connectivity index (χ1) is 9.56. The van der Waals surface area contributed by atoms with Gasteiger partial charge in [-0.3, -0.25) is 4.79 Å². The molecule has 0 saturated carbocycles. The lowest BCUT2D eigenvalue weighted by Crippen LogP contribution is -2.27. The summed E-state index contributed by atoms with van der Waals surface area (Å²) in [6.07, 6.45) is 0.734. The summed E-state index contributed by atoms with van der Waals surface area (Å²) in [6, 6.07) is 7.32. The van der Waals surface area contributed by atoms with Crippen LogP contribution in [0.3, 0.4) is 0 Å². The quantitative estimate of drug-likeness (QED) is 0.920. The van der Waals surface area contributed by atoms with E-state index in [-0.39, 0.29) is 11.9 Å². The van der Waals surface area contributed by atoms with Crippen molar-refractivity contribution in [1.82, 2.24) is 15.5 Å². The number of aryl methyl sites for hydroxylation is 2. The lowest BCUT2D eigenvalue weighted by molar-refractivity contribution is -0.121. The third kappa shape index (κ3) is 3.81. The number of nitrogens with one attached hydrogen (secondary N) is 1. The van der Waals surface area contributed by atoms with Crippen LogP contribution in [0.25, 0.3) is 0 Å². The lowest BCUT2D eigenvalue weighted by atomic mass is 10.1. The van der Waals surface area contributed by atoms with E-state index >= 15 is 0 Å². The Kier molecular flexibility index (Phi) is 4.74. The second-order valence-electron chi connectivity index (χ2n) is 4.55. The molecule has 0 fully saturated rings. The molecule has 2 rings (SSSR count). The highest BCUT2D eigenvalue weighted by Crippen LogP contribution is 2.22. The van der Waals surface area contributed by atoms with Crippen molar-refractivity contribution in [2.24, 2.45) is 0 Å². The van der Waals surface area contributed by atoms with Crippen molar-refractivity contribution in [2.45, 2.75) is 32.7 Å². The zero-order valence-electron chi connectivity index (χ0n) is 11.4. The molecule has 0 aliphatic heterocycles. The molecule has 106 valence electrons.